The molecule has 2 aliphatic heterocycles. The summed E-state index contributed by atoms with van der Waals surface area (Å²) in [6, 6.07) is 6.78. The quantitative estimate of drug-likeness (QED) is 0.671. The second-order valence-corrected chi connectivity index (χ2v) is 6.82. The number of hydrogen-bond donors (Lipinski definition) is 3. The maximum atomic E-state index is 12.7. The minimum Gasteiger partial charge on any atom is -0.384 e. The number of benzene rings is 1. The van der Waals surface area contributed by atoms with Crippen LogP contribution in [0.5, 0.6) is 0 Å². The summed E-state index contributed by atoms with van der Waals surface area (Å²) >= 11 is 0. The Morgan fingerprint density at radius 3 is 2.81 bits per heavy atom. The van der Waals surface area contributed by atoms with E-state index in [0.29, 0.717) is 36.7 Å². The van der Waals surface area contributed by atoms with E-state index in [1.54, 1.807) is 28.8 Å². The zero-order valence-corrected chi connectivity index (χ0v) is 14.9. The molecule has 0 radical (unpaired) electrons. The van der Waals surface area contributed by atoms with Crippen LogP contribution in [0, 0.1) is 0 Å². The maximum absolute atomic E-state index is 12.7. The first kappa shape index (κ1) is 17.1. The number of hydrogen-bond acceptors (Lipinski definition) is 6. The van der Waals surface area contributed by atoms with E-state index < -0.39 is 11.9 Å². The SMILES string of the molecule is Cn1nc(NCc2ccc3c(c2)CN(C2CCC(=O)NC2=O)C3=O)cc1N. The van der Waals surface area contributed by atoms with Crippen molar-refractivity contribution < 1.29 is 14.4 Å². The van der Waals surface area contributed by atoms with Gasteiger partial charge in [0.25, 0.3) is 5.91 Å². The van der Waals surface area contributed by atoms with Crippen LogP contribution < -0.4 is 16.4 Å². The molecular formula is C18H20N6O3. The number of rotatable bonds is 4. The summed E-state index contributed by atoms with van der Waals surface area (Å²) in [5.41, 5.74) is 8.25. The molecule has 9 heteroatoms. The van der Waals surface area contributed by atoms with E-state index in [2.05, 4.69) is 15.7 Å². The molecule has 0 spiro atoms. The first-order valence-electron chi connectivity index (χ1n) is 8.72. The molecule has 1 saturated heterocycles. The van der Waals surface area contributed by atoms with Gasteiger partial charge in [-0.15, -0.1) is 0 Å². The van der Waals surface area contributed by atoms with Gasteiger partial charge < -0.3 is 16.0 Å². The fourth-order valence-corrected chi connectivity index (χ4v) is 3.50. The molecular weight excluding hydrogens is 348 g/mol. The topological polar surface area (TPSA) is 122 Å². The Bertz CT molecular complexity index is 931. The Hall–Kier alpha value is -3.36. The highest BCUT2D eigenvalue weighted by Gasteiger charge is 2.38. The van der Waals surface area contributed by atoms with Crippen molar-refractivity contribution in [2.45, 2.75) is 32.0 Å². The summed E-state index contributed by atoms with van der Waals surface area (Å²) in [5.74, 6) is 0.385. The third-order valence-corrected chi connectivity index (χ3v) is 4.98. The van der Waals surface area contributed by atoms with Crippen molar-refractivity contribution >= 4 is 29.4 Å². The van der Waals surface area contributed by atoms with Crippen LogP contribution in [0.1, 0.15) is 34.3 Å². The lowest BCUT2D eigenvalue weighted by atomic mass is 10.0. The van der Waals surface area contributed by atoms with Crippen LogP contribution in [0.15, 0.2) is 24.3 Å². The van der Waals surface area contributed by atoms with Gasteiger partial charge in [0.15, 0.2) is 0 Å². The summed E-state index contributed by atoms with van der Waals surface area (Å²) in [4.78, 5) is 37.6. The van der Waals surface area contributed by atoms with Gasteiger partial charge in [-0.25, -0.2) is 0 Å². The van der Waals surface area contributed by atoms with E-state index in [1.165, 1.54) is 0 Å². The number of anilines is 2. The number of imide groups is 1. The van der Waals surface area contributed by atoms with Gasteiger partial charge in [-0.05, 0) is 23.6 Å². The lowest BCUT2D eigenvalue weighted by Gasteiger charge is -2.29. The number of fused-ring (bicyclic) bond motifs is 1. The summed E-state index contributed by atoms with van der Waals surface area (Å²) in [5, 5.41) is 9.75. The lowest BCUT2D eigenvalue weighted by Crippen LogP contribution is -2.52. The van der Waals surface area contributed by atoms with Crippen molar-refractivity contribution in [1.82, 2.24) is 20.0 Å². The number of aryl methyl sites for hydroxylation is 1. The third-order valence-electron chi connectivity index (χ3n) is 4.98. The summed E-state index contributed by atoms with van der Waals surface area (Å²) in [7, 11) is 1.77. The minimum absolute atomic E-state index is 0.170. The summed E-state index contributed by atoms with van der Waals surface area (Å²) in [6.45, 7) is 0.904. The molecule has 9 nitrogen and oxygen atoms in total. The minimum atomic E-state index is -0.597. The number of amides is 3. The second kappa shape index (κ2) is 6.42. The van der Waals surface area contributed by atoms with Crippen LogP contribution >= 0.6 is 0 Å². The summed E-state index contributed by atoms with van der Waals surface area (Å²) < 4.78 is 1.58. The molecule has 0 bridgehead atoms. The monoisotopic (exact) mass is 368 g/mol. The molecule has 4 rings (SSSR count). The van der Waals surface area contributed by atoms with Gasteiger partial charge in [0.1, 0.15) is 17.7 Å². The maximum Gasteiger partial charge on any atom is 0.255 e. The van der Waals surface area contributed by atoms with E-state index in [4.69, 9.17) is 5.73 Å². The van der Waals surface area contributed by atoms with Crippen molar-refractivity contribution in [1.29, 1.82) is 0 Å². The number of nitrogen functional groups attached to an aromatic ring is 1. The predicted octanol–water partition coefficient (Wildman–Crippen LogP) is 0.375. The van der Waals surface area contributed by atoms with Crippen molar-refractivity contribution in [2.24, 2.45) is 7.05 Å². The standard InChI is InChI=1S/C18H20N6O3/c1-23-14(19)7-15(22-23)20-8-10-2-3-12-11(6-10)9-24(18(12)27)13-4-5-16(25)21-17(13)26/h2-3,6-7,13H,4-5,8-9,19H2,1H3,(H,20,22)(H,21,25,26). The van der Waals surface area contributed by atoms with Crippen LogP contribution in [0.3, 0.4) is 0 Å². The molecule has 140 valence electrons. The number of carbonyl (C=O) groups is 3. The largest absolute Gasteiger partial charge is 0.384 e. The van der Waals surface area contributed by atoms with Crippen molar-refractivity contribution in [3.05, 3.63) is 41.0 Å². The van der Waals surface area contributed by atoms with Gasteiger partial charge >= 0.3 is 0 Å². The molecule has 3 heterocycles. The molecule has 1 atom stereocenters. The molecule has 1 unspecified atom stereocenters. The van der Waals surface area contributed by atoms with E-state index in [0.717, 1.165) is 11.1 Å². The van der Waals surface area contributed by atoms with Crippen LogP contribution in [0.4, 0.5) is 11.6 Å². The first-order chi connectivity index (χ1) is 12.9. The Morgan fingerprint density at radius 2 is 2.11 bits per heavy atom. The van der Waals surface area contributed by atoms with Gasteiger partial charge in [-0.1, -0.05) is 12.1 Å². The first-order valence-corrected chi connectivity index (χ1v) is 8.72. The second-order valence-electron chi connectivity index (χ2n) is 6.82. The average Bonchev–Trinajstić information content (AvgIpc) is 3.12. The molecule has 0 saturated carbocycles. The molecule has 27 heavy (non-hydrogen) atoms. The molecule has 1 aromatic heterocycles. The van der Waals surface area contributed by atoms with Crippen LogP contribution in [0.2, 0.25) is 0 Å². The van der Waals surface area contributed by atoms with Gasteiger partial charge in [0, 0.05) is 38.2 Å². The highest BCUT2D eigenvalue weighted by molar-refractivity contribution is 6.05. The number of aromatic nitrogens is 2. The normalized spacial score (nSPS) is 19.2. The number of nitrogens with one attached hydrogen (secondary N) is 2. The number of carbonyl (C=O) groups excluding carboxylic acids is 3. The average molecular weight is 368 g/mol. The lowest BCUT2D eigenvalue weighted by molar-refractivity contribution is -0.136. The molecule has 1 aromatic carbocycles. The van der Waals surface area contributed by atoms with E-state index >= 15 is 0 Å². The molecule has 4 N–H and O–H groups in total. The molecule has 2 aliphatic rings. The highest BCUT2D eigenvalue weighted by Crippen LogP contribution is 2.28. The smallest absolute Gasteiger partial charge is 0.255 e. The van der Waals surface area contributed by atoms with Crippen molar-refractivity contribution in [3.8, 4) is 0 Å². The Kier molecular flexibility index (Phi) is 4.06. The van der Waals surface area contributed by atoms with Crippen LogP contribution in [0.25, 0.3) is 0 Å². The van der Waals surface area contributed by atoms with Crippen molar-refractivity contribution in [3.63, 3.8) is 0 Å². The fraction of sp³-hybridized carbons (Fsp3) is 0.333. The Balaban J connectivity index is 1.47. The van der Waals surface area contributed by atoms with Crippen LogP contribution in [-0.2, 0) is 29.7 Å². The van der Waals surface area contributed by atoms with Gasteiger partial charge in [-0.2, -0.15) is 5.10 Å². The fourth-order valence-electron chi connectivity index (χ4n) is 3.50. The van der Waals surface area contributed by atoms with Gasteiger partial charge in [-0.3, -0.25) is 24.4 Å². The van der Waals surface area contributed by atoms with Gasteiger partial charge in [0.2, 0.25) is 11.8 Å². The van der Waals surface area contributed by atoms with E-state index in [9.17, 15) is 14.4 Å². The predicted molar refractivity (Wildman–Crippen MR) is 97.4 cm³/mol. The Morgan fingerprint density at radius 1 is 1.30 bits per heavy atom. The van der Waals surface area contributed by atoms with Crippen molar-refractivity contribution in [2.75, 3.05) is 11.1 Å². The number of nitrogens with two attached hydrogens (primary N) is 1. The van der Waals surface area contributed by atoms with E-state index in [1.807, 2.05) is 12.1 Å². The molecule has 2 aromatic rings. The van der Waals surface area contributed by atoms with Crippen LogP contribution in [-0.4, -0.2) is 38.4 Å². The molecule has 1 fully saturated rings. The number of nitrogens with zero attached hydrogens (tertiary/aromatic N) is 3. The number of piperidine rings is 1. The molecule has 3 amide bonds. The third kappa shape index (κ3) is 3.12. The molecule has 0 aliphatic carbocycles. The summed E-state index contributed by atoms with van der Waals surface area (Å²) in [6.07, 6.45) is 0.610. The Labute approximate surface area is 155 Å². The van der Waals surface area contributed by atoms with E-state index in [-0.39, 0.29) is 18.2 Å². The van der Waals surface area contributed by atoms with Gasteiger partial charge in [0.05, 0.1) is 0 Å². The highest BCUT2D eigenvalue weighted by atomic mass is 16.2. The zero-order chi connectivity index (χ0) is 19.1. The zero-order valence-electron chi connectivity index (χ0n) is 14.9.